The smallest absolute Gasteiger partial charge is 0.252 e. The molecule has 0 saturated carbocycles. The van der Waals surface area contributed by atoms with Gasteiger partial charge in [-0.15, -0.1) is 0 Å². The van der Waals surface area contributed by atoms with Crippen molar-refractivity contribution < 1.29 is 0 Å². The van der Waals surface area contributed by atoms with Gasteiger partial charge in [-0.3, -0.25) is 0 Å². The fourth-order valence-corrected chi connectivity index (χ4v) is 13.9. The van der Waals surface area contributed by atoms with Gasteiger partial charge in [0, 0.05) is 101 Å². The third-order valence-electron chi connectivity index (χ3n) is 17.3. The van der Waals surface area contributed by atoms with Crippen LogP contribution in [0.3, 0.4) is 0 Å². The van der Waals surface area contributed by atoms with Gasteiger partial charge in [0.2, 0.25) is 0 Å². The molecule has 17 rings (SSSR count). The maximum Gasteiger partial charge on any atom is 0.252 e. The first-order valence-electron chi connectivity index (χ1n) is 29.2. The van der Waals surface area contributed by atoms with Crippen molar-refractivity contribution >= 4 is 147 Å². The predicted octanol–water partition coefficient (Wildman–Crippen LogP) is 19.3. The van der Waals surface area contributed by atoms with Gasteiger partial charge >= 0.3 is 0 Å². The first kappa shape index (κ1) is 48.4. The number of hydrogen-bond donors (Lipinski definition) is 0. The Morgan fingerprint density at radius 3 is 1.06 bits per heavy atom. The summed E-state index contributed by atoms with van der Waals surface area (Å²) >= 11 is 0. The highest BCUT2D eigenvalue weighted by atomic mass is 15.2. The van der Waals surface area contributed by atoms with Crippen LogP contribution in [0.5, 0.6) is 0 Å². The van der Waals surface area contributed by atoms with E-state index in [1.807, 2.05) is 0 Å². The van der Waals surface area contributed by atoms with Crippen molar-refractivity contribution in [2.75, 3.05) is 24.5 Å². The van der Waals surface area contributed by atoms with E-state index in [1.165, 1.54) is 49.0 Å². The molecule has 0 saturated heterocycles. The van der Waals surface area contributed by atoms with Gasteiger partial charge in [-0.1, -0.05) is 164 Å². The van der Waals surface area contributed by atoms with Crippen LogP contribution in [0.15, 0.2) is 322 Å². The molecule has 7 heteroatoms. The highest BCUT2D eigenvalue weighted by molar-refractivity contribution is 7.00. The predicted molar refractivity (Wildman–Crippen MR) is 359 cm³/mol. The SMILES string of the molecule is c1ccc(N(c2ccccc2)c2cc3c4c(c2)N(c2ccccc2)c2cc5c6cc(N(c7ccccc7)c7ccccc7)cc7c8cc(N(c9ccccc9)c9ccccc9)ccc8n(c5cc2B4c2ccccc2N3c2ccccc2)c76)cc1. The van der Waals surface area contributed by atoms with Crippen LogP contribution in [0.2, 0.25) is 0 Å². The van der Waals surface area contributed by atoms with E-state index < -0.39 is 0 Å². The van der Waals surface area contributed by atoms with Gasteiger partial charge in [-0.25, -0.2) is 0 Å². The summed E-state index contributed by atoms with van der Waals surface area (Å²) in [5, 5.41) is 4.75. The highest BCUT2D eigenvalue weighted by Gasteiger charge is 2.44. The molecule has 85 heavy (non-hydrogen) atoms. The molecule has 0 spiro atoms. The molecule has 15 aromatic rings. The second kappa shape index (κ2) is 19.7. The van der Waals surface area contributed by atoms with Crippen molar-refractivity contribution in [2.45, 2.75) is 0 Å². The Labute approximate surface area is 494 Å². The van der Waals surface area contributed by atoms with Crippen molar-refractivity contribution in [3.63, 3.8) is 0 Å². The van der Waals surface area contributed by atoms with Crippen molar-refractivity contribution in [3.8, 4) is 0 Å². The zero-order valence-electron chi connectivity index (χ0n) is 46.4. The molecule has 13 aromatic carbocycles. The van der Waals surface area contributed by atoms with Crippen LogP contribution < -0.4 is 40.9 Å². The molecule has 0 unspecified atom stereocenters. The van der Waals surface area contributed by atoms with Crippen molar-refractivity contribution in [2.24, 2.45) is 0 Å². The zero-order valence-corrected chi connectivity index (χ0v) is 46.4. The lowest BCUT2D eigenvalue weighted by Crippen LogP contribution is -2.61. The number of aromatic nitrogens is 1. The topological polar surface area (TPSA) is 20.6 Å². The van der Waals surface area contributed by atoms with E-state index in [2.05, 4.69) is 350 Å². The molecule has 0 aliphatic carbocycles. The quantitative estimate of drug-likeness (QED) is 0.120. The number of fused-ring (bicyclic) bond motifs is 10. The van der Waals surface area contributed by atoms with Gasteiger partial charge in [0.05, 0.1) is 22.2 Å². The lowest BCUT2D eigenvalue weighted by molar-refractivity contribution is 1.23. The summed E-state index contributed by atoms with van der Waals surface area (Å²) in [6, 6.07) is 118. The molecule has 0 N–H and O–H groups in total. The molecule has 2 aliphatic rings. The van der Waals surface area contributed by atoms with Crippen LogP contribution in [0, 0.1) is 0 Å². The summed E-state index contributed by atoms with van der Waals surface area (Å²) in [5.41, 5.74) is 23.9. The normalized spacial score (nSPS) is 12.4. The van der Waals surface area contributed by atoms with Crippen LogP contribution in [0.1, 0.15) is 0 Å². The number of para-hydroxylation sites is 9. The van der Waals surface area contributed by atoms with Gasteiger partial charge in [0.1, 0.15) is 0 Å². The number of nitrogens with zero attached hydrogens (tertiary/aromatic N) is 6. The molecule has 398 valence electrons. The van der Waals surface area contributed by atoms with Gasteiger partial charge < -0.3 is 28.9 Å². The lowest BCUT2D eigenvalue weighted by Gasteiger charge is -2.45. The molecule has 0 amide bonds. The van der Waals surface area contributed by atoms with Crippen molar-refractivity contribution in [1.29, 1.82) is 0 Å². The summed E-state index contributed by atoms with van der Waals surface area (Å²) in [5.74, 6) is 0. The highest BCUT2D eigenvalue weighted by Crippen LogP contribution is 2.51. The number of anilines is 15. The molecular weight excluding hydrogens is 1030 g/mol. The Balaban J connectivity index is 0.990. The van der Waals surface area contributed by atoms with E-state index in [9.17, 15) is 0 Å². The van der Waals surface area contributed by atoms with Crippen LogP contribution in [-0.2, 0) is 0 Å². The molecule has 0 fully saturated rings. The second-order valence-electron chi connectivity index (χ2n) is 22.1. The van der Waals surface area contributed by atoms with Gasteiger partial charge in [0.15, 0.2) is 0 Å². The van der Waals surface area contributed by atoms with Crippen LogP contribution in [-0.4, -0.2) is 11.1 Å². The van der Waals surface area contributed by atoms with Crippen molar-refractivity contribution in [1.82, 2.24) is 4.40 Å². The Hall–Kier alpha value is -11.3. The molecule has 2 aromatic heterocycles. The van der Waals surface area contributed by atoms with Crippen molar-refractivity contribution in [3.05, 3.63) is 322 Å². The minimum Gasteiger partial charge on any atom is -0.311 e. The third kappa shape index (κ3) is 7.74. The minimum absolute atomic E-state index is 0.127. The molecule has 0 bridgehead atoms. The van der Waals surface area contributed by atoms with E-state index in [0.29, 0.717) is 0 Å². The lowest BCUT2D eigenvalue weighted by atomic mass is 9.33. The molecule has 0 radical (unpaired) electrons. The van der Waals surface area contributed by atoms with E-state index in [-0.39, 0.29) is 6.71 Å². The minimum atomic E-state index is -0.127. The van der Waals surface area contributed by atoms with Gasteiger partial charge in [-0.05, 0) is 174 Å². The zero-order chi connectivity index (χ0) is 56.0. The second-order valence-corrected chi connectivity index (χ2v) is 22.1. The Kier molecular flexibility index (Phi) is 11.2. The van der Waals surface area contributed by atoms with Crippen LogP contribution >= 0.6 is 0 Å². The summed E-state index contributed by atoms with van der Waals surface area (Å²) in [7, 11) is 0. The first-order valence-corrected chi connectivity index (χ1v) is 29.2. The fourth-order valence-electron chi connectivity index (χ4n) is 13.9. The molecular formula is C78H53BN6. The van der Waals surface area contributed by atoms with Gasteiger partial charge in [-0.2, -0.15) is 0 Å². The monoisotopic (exact) mass is 1080 g/mol. The number of hydrogen-bond acceptors (Lipinski definition) is 5. The molecule has 4 heterocycles. The van der Waals surface area contributed by atoms with E-state index >= 15 is 0 Å². The summed E-state index contributed by atoms with van der Waals surface area (Å²) in [6.45, 7) is -0.127. The van der Waals surface area contributed by atoms with Crippen LogP contribution in [0.25, 0.3) is 38.1 Å². The first-order chi connectivity index (χ1) is 42.2. The van der Waals surface area contributed by atoms with Crippen LogP contribution in [0.4, 0.5) is 85.3 Å². The fraction of sp³-hybridized carbons (Fsp3) is 0. The number of benzene rings is 13. The largest absolute Gasteiger partial charge is 0.311 e. The van der Waals surface area contributed by atoms with E-state index in [1.54, 1.807) is 0 Å². The molecule has 2 aliphatic heterocycles. The number of rotatable bonds is 11. The Morgan fingerprint density at radius 2 is 0.600 bits per heavy atom. The molecule has 0 atom stereocenters. The van der Waals surface area contributed by atoms with E-state index in [0.717, 1.165) is 90.8 Å². The maximum absolute atomic E-state index is 2.57. The summed E-state index contributed by atoms with van der Waals surface area (Å²) in [4.78, 5) is 12.3. The average Bonchev–Trinajstić information content (AvgIpc) is 2.16. The summed E-state index contributed by atoms with van der Waals surface area (Å²) in [6.07, 6.45) is 0. The maximum atomic E-state index is 2.57. The Bertz CT molecular complexity index is 4830. The van der Waals surface area contributed by atoms with E-state index in [4.69, 9.17) is 0 Å². The standard InChI is InChI=1S/C78H53BN6/c1-9-27-54(28-10-1)80(55-29-11-2-12-30-55)62-45-46-71-65(47-62)67-48-63(81(56-31-13-3-14-32-56)57-33-15-4-16-34-57)49-68-66-52-74-70(53-73(66)85(71)78(67)68)79-69-43-25-26-44-72(69)83(60-39-21-7-22-40-60)75-50-64(51-76(77(75)79)84(74)61-41-23-8-24-42-61)82(58-35-17-5-18-36-58)59-37-19-6-20-38-59/h1-53H. The average molecular weight is 1090 g/mol. The summed E-state index contributed by atoms with van der Waals surface area (Å²) < 4.78 is 2.57. The molecule has 6 nitrogen and oxygen atoms in total. The van der Waals surface area contributed by atoms with Gasteiger partial charge in [0.25, 0.3) is 6.71 Å². The third-order valence-corrected chi connectivity index (χ3v) is 17.3. The Morgan fingerprint density at radius 1 is 0.235 bits per heavy atom.